The number of ketones is 1. The number of nitrogens with zero attached hydrogens (tertiary/aromatic N) is 3. The van der Waals surface area contributed by atoms with Gasteiger partial charge in [-0.2, -0.15) is 0 Å². The summed E-state index contributed by atoms with van der Waals surface area (Å²) in [6, 6.07) is 19.2. The van der Waals surface area contributed by atoms with E-state index in [9.17, 15) is 29.1 Å². The first kappa shape index (κ1) is 46.4. The highest BCUT2D eigenvalue weighted by Crippen LogP contribution is 2.26. The van der Waals surface area contributed by atoms with Crippen LogP contribution in [0.15, 0.2) is 72.8 Å². The van der Waals surface area contributed by atoms with E-state index in [1.54, 1.807) is 31.1 Å². The van der Waals surface area contributed by atoms with Gasteiger partial charge in [0.15, 0.2) is 11.9 Å². The zero-order valence-electron chi connectivity index (χ0n) is 35.7. The van der Waals surface area contributed by atoms with Gasteiger partial charge in [-0.3, -0.25) is 24.1 Å². The smallest absolute Gasteiger partial charge is 0.328 e. The molecule has 0 heterocycles. The zero-order chi connectivity index (χ0) is 42.6. The van der Waals surface area contributed by atoms with Crippen molar-refractivity contribution in [2.45, 2.75) is 97.9 Å². The summed E-state index contributed by atoms with van der Waals surface area (Å²) in [4.78, 5) is 74.7. The molecule has 2 amide bonds. The van der Waals surface area contributed by atoms with E-state index in [2.05, 4.69) is 0 Å². The number of ether oxygens (including phenoxy) is 2. The fourth-order valence-corrected chi connectivity index (χ4v) is 6.79. The number of hydrogen-bond donors (Lipinski definition) is 1. The number of methoxy groups -OCH3 is 1. The Morgan fingerprint density at radius 2 is 1.07 bits per heavy atom. The molecule has 57 heavy (non-hydrogen) atoms. The summed E-state index contributed by atoms with van der Waals surface area (Å²) in [5, 5.41) is 9.95. The molecule has 3 aromatic rings. The average Bonchev–Trinajstić information content (AvgIpc) is 3.19. The van der Waals surface area contributed by atoms with Crippen molar-refractivity contribution >= 4 is 29.5 Å². The van der Waals surface area contributed by atoms with Crippen molar-refractivity contribution in [3.63, 3.8) is 0 Å². The highest BCUT2D eigenvalue weighted by atomic mass is 16.5. The first-order valence-electron chi connectivity index (χ1n) is 19.8. The minimum atomic E-state index is -1.08. The Balaban J connectivity index is 1.93. The van der Waals surface area contributed by atoms with Crippen molar-refractivity contribution in [1.82, 2.24) is 14.7 Å². The van der Waals surface area contributed by atoms with Gasteiger partial charge >= 0.3 is 11.9 Å². The quantitative estimate of drug-likeness (QED) is 0.137. The third-order valence-electron chi connectivity index (χ3n) is 11.0. The van der Waals surface area contributed by atoms with Gasteiger partial charge in [0.05, 0.1) is 7.11 Å². The number of benzene rings is 3. The van der Waals surface area contributed by atoms with Gasteiger partial charge in [-0.25, -0.2) is 4.79 Å². The summed E-state index contributed by atoms with van der Waals surface area (Å²) in [6.07, 6.45) is -0.0562. The van der Waals surface area contributed by atoms with Crippen molar-refractivity contribution in [3.8, 4) is 5.75 Å². The van der Waals surface area contributed by atoms with Crippen molar-refractivity contribution < 1.29 is 38.6 Å². The largest absolute Gasteiger partial charge is 0.508 e. The van der Waals surface area contributed by atoms with Gasteiger partial charge in [0.1, 0.15) is 23.9 Å². The molecule has 0 saturated heterocycles. The maximum absolute atomic E-state index is 14.6. The van der Waals surface area contributed by atoms with Crippen molar-refractivity contribution in [2.75, 3.05) is 35.3 Å². The minimum Gasteiger partial charge on any atom is -0.508 e. The molecule has 3 aromatic carbocycles. The second kappa shape index (κ2) is 21.5. The molecule has 0 saturated carbocycles. The third kappa shape index (κ3) is 13.0. The maximum Gasteiger partial charge on any atom is 0.328 e. The minimum absolute atomic E-state index is 0.0500. The molecule has 1 N–H and O–H groups in total. The number of carbonyl (C=O) groups excluding carboxylic acids is 5. The number of rotatable bonds is 20. The van der Waals surface area contributed by atoms with Crippen LogP contribution in [-0.2, 0) is 52.7 Å². The molecular formula is C46H63N3O8. The number of aromatic hydroxyl groups is 1. The van der Waals surface area contributed by atoms with Crippen LogP contribution in [0.25, 0.3) is 0 Å². The van der Waals surface area contributed by atoms with E-state index >= 15 is 0 Å². The van der Waals surface area contributed by atoms with Crippen LogP contribution in [0.3, 0.4) is 0 Å². The lowest BCUT2D eigenvalue weighted by molar-refractivity contribution is -0.163. The summed E-state index contributed by atoms with van der Waals surface area (Å²) < 4.78 is 11.2. The topological polar surface area (TPSA) is 134 Å². The van der Waals surface area contributed by atoms with Crippen LogP contribution in [0.2, 0.25) is 0 Å². The van der Waals surface area contributed by atoms with Crippen LogP contribution in [-0.4, -0.2) is 109 Å². The number of amides is 2. The van der Waals surface area contributed by atoms with Gasteiger partial charge in [-0.05, 0) is 75.5 Å². The van der Waals surface area contributed by atoms with E-state index in [-0.39, 0.29) is 42.6 Å². The standard InChI is InChI=1S/C46H63N3O8/c1-12-32(6)42(57-46(55)39(47(7)8)26-33-17-13-30(4)14-18-33)41(51)28-37(29(2)3)43(52)48(9)38(25-35-21-23-36(50)24-22-35)44(53)49(10)40(45(54)56-11)27-34-19-15-31(5)16-20-34/h13-24,29,32,37-40,42,50H,12,25-28H2,1-11H3/t32-,37+,38+,39+,40-,42+/m1/s1. The molecule has 0 aliphatic rings. The number of Topliss-reactive ketones (excluding diaryl/α,β-unsaturated/α-hetero) is 1. The third-order valence-corrected chi connectivity index (χ3v) is 11.0. The molecule has 3 rings (SSSR count). The molecule has 0 fully saturated rings. The summed E-state index contributed by atoms with van der Waals surface area (Å²) in [5.74, 6) is -3.85. The number of phenolic OH excluding ortho intramolecular Hbond substituents is 1. The van der Waals surface area contributed by atoms with Gasteiger partial charge in [-0.1, -0.05) is 99.5 Å². The van der Waals surface area contributed by atoms with Crippen LogP contribution in [0.1, 0.15) is 68.4 Å². The van der Waals surface area contributed by atoms with Gasteiger partial charge in [0.25, 0.3) is 0 Å². The van der Waals surface area contributed by atoms with E-state index in [1.165, 1.54) is 43.1 Å². The van der Waals surface area contributed by atoms with E-state index in [0.29, 0.717) is 18.4 Å². The van der Waals surface area contributed by atoms with E-state index < -0.39 is 53.9 Å². The Kier molecular flexibility index (Phi) is 17.5. The molecule has 0 unspecified atom stereocenters. The van der Waals surface area contributed by atoms with Gasteiger partial charge in [-0.15, -0.1) is 0 Å². The monoisotopic (exact) mass is 785 g/mol. The first-order valence-corrected chi connectivity index (χ1v) is 19.8. The lowest BCUT2D eigenvalue weighted by atomic mass is 9.85. The van der Waals surface area contributed by atoms with Gasteiger partial charge in [0, 0.05) is 45.2 Å². The molecule has 310 valence electrons. The molecule has 11 nitrogen and oxygen atoms in total. The number of hydrogen-bond acceptors (Lipinski definition) is 9. The molecule has 0 aliphatic heterocycles. The Morgan fingerprint density at radius 3 is 1.51 bits per heavy atom. The van der Waals surface area contributed by atoms with Crippen LogP contribution < -0.4 is 0 Å². The Morgan fingerprint density at radius 1 is 0.632 bits per heavy atom. The highest BCUT2D eigenvalue weighted by molar-refractivity contribution is 5.94. The van der Waals surface area contributed by atoms with Crippen molar-refractivity contribution in [1.29, 1.82) is 0 Å². The normalized spacial score (nSPS) is 14.5. The van der Waals surface area contributed by atoms with Crippen LogP contribution in [0.5, 0.6) is 5.75 Å². The zero-order valence-corrected chi connectivity index (χ0v) is 35.7. The van der Waals surface area contributed by atoms with Crippen molar-refractivity contribution in [3.05, 3.63) is 101 Å². The number of esters is 2. The Hall–Kier alpha value is -5.03. The lowest BCUT2D eigenvalue weighted by Gasteiger charge is -2.36. The fourth-order valence-electron chi connectivity index (χ4n) is 6.79. The van der Waals surface area contributed by atoms with Crippen molar-refractivity contribution in [2.24, 2.45) is 17.8 Å². The van der Waals surface area contributed by atoms with E-state index in [4.69, 9.17) is 9.47 Å². The number of likely N-dealkylation sites (N-methyl/N-ethyl adjacent to an activating group) is 3. The second-order valence-corrected chi connectivity index (χ2v) is 15.9. The molecule has 0 spiro atoms. The molecular weight excluding hydrogens is 723 g/mol. The number of phenols is 1. The fraction of sp³-hybridized carbons (Fsp3) is 0.500. The molecule has 0 bridgehead atoms. The first-order chi connectivity index (χ1) is 26.9. The van der Waals surface area contributed by atoms with Crippen LogP contribution in [0.4, 0.5) is 0 Å². The maximum atomic E-state index is 14.6. The molecule has 0 radical (unpaired) electrons. The number of aryl methyl sites for hydroxylation is 2. The molecule has 6 atom stereocenters. The molecule has 11 heteroatoms. The molecule has 0 aromatic heterocycles. The SMILES string of the molecule is CC[C@@H](C)[C@H](OC(=O)[C@H](Cc1ccc(C)cc1)N(C)C)C(=O)C[C@H](C(=O)N(C)[C@@H](Cc1ccc(O)cc1)C(=O)N(C)[C@H](Cc1ccc(C)cc1)C(=O)OC)C(C)C. The predicted octanol–water partition coefficient (Wildman–Crippen LogP) is 5.98. The van der Waals surface area contributed by atoms with E-state index in [0.717, 1.165) is 22.3 Å². The van der Waals surface area contributed by atoms with Crippen LogP contribution in [0, 0.1) is 31.6 Å². The second-order valence-electron chi connectivity index (χ2n) is 15.9. The predicted molar refractivity (Wildman–Crippen MR) is 221 cm³/mol. The Labute approximate surface area is 339 Å². The van der Waals surface area contributed by atoms with E-state index in [1.807, 2.05) is 90.1 Å². The summed E-state index contributed by atoms with van der Waals surface area (Å²) >= 11 is 0. The molecule has 0 aliphatic carbocycles. The summed E-state index contributed by atoms with van der Waals surface area (Å²) in [5.41, 5.74) is 4.63. The Bertz CT molecular complexity index is 1790. The summed E-state index contributed by atoms with van der Waals surface area (Å²) in [6.45, 7) is 11.4. The highest BCUT2D eigenvalue weighted by Gasteiger charge is 2.40. The average molecular weight is 786 g/mol. The van der Waals surface area contributed by atoms with Gasteiger partial charge in [0.2, 0.25) is 11.8 Å². The van der Waals surface area contributed by atoms with Crippen LogP contribution >= 0.6 is 0 Å². The lowest BCUT2D eigenvalue weighted by Crippen LogP contribution is -2.55. The van der Waals surface area contributed by atoms with Gasteiger partial charge < -0.3 is 24.4 Å². The number of carbonyl (C=O) groups is 5. The summed E-state index contributed by atoms with van der Waals surface area (Å²) in [7, 11) is 7.92.